The first kappa shape index (κ1) is 61.8. The van der Waals surface area contributed by atoms with E-state index in [2.05, 4.69) is 142 Å². The predicted molar refractivity (Wildman–Crippen MR) is 283 cm³/mol. The van der Waals surface area contributed by atoms with E-state index in [1.165, 1.54) is 57.8 Å². The first-order valence-corrected chi connectivity index (χ1v) is 26.5. The third-order valence-electron chi connectivity index (χ3n) is 10.7. The van der Waals surface area contributed by atoms with Gasteiger partial charge in [0.2, 0.25) is 0 Å². The van der Waals surface area contributed by atoms with E-state index in [1.807, 2.05) is 0 Å². The largest absolute Gasteiger partial charge is 0.462 e. The second-order valence-corrected chi connectivity index (χ2v) is 17.0. The van der Waals surface area contributed by atoms with E-state index in [4.69, 9.17) is 14.2 Å². The summed E-state index contributed by atoms with van der Waals surface area (Å²) in [5, 5.41) is 0. The molecule has 66 heavy (non-hydrogen) atoms. The number of hydrogen-bond donors (Lipinski definition) is 0. The zero-order valence-electron chi connectivity index (χ0n) is 42.4. The van der Waals surface area contributed by atoms with Gasteiger partial charge in [0.1, 0.15) is 13.2 Å². The van der Waals surface area contributed by atoms with Gasteiger partial charge in [0, 0.05) is 19.3 Å². The summed E-state index contributed by atoms with van der Waals surface area (Å²) in [6.07, 6.45) is 73.3. The van der Waals surface area contributed by atoms with Gasteiger partial charge in [-0.3, -0.25) is 14.4 Å². The van der Waals surface area contributed by atoms with Gasteiger partial charge in [-0.2, -0.15) is 0 Å². The van der Waals surface area contributed by atoms with Crippen LogP contribution in [0.1, 0.15) is 220 Å². The molecule has 0 heterocycles. The van der Waals surface area contributed by atoms with Crippen LogP contribution in [0.2, 0.25) is 0 Å². The molecule has 0 spiro atoms. The van der Waals surface area contributed by atoms with Gasteiger partial charge in [0.25, 0.3) is 0 Å². The molecule has 372 valence electrons. The first-order valence-electron chi connectivity index (χ1n) is 26.5. The summed E-state index contributed by atoms with van der Waals surface area (Å²) in [4.78, 5) is 38.0. The maximum atomic E-state index is 12.8. The molecule has 0 saturated heterocycles. The Bertz CT molecular complexity index is 1420. The van der Waals surface area contributed by atoms with Gasteiger partial charge >= 0.3 is 17.9 Å². The molecule has 6 heteroatoms. The van der Waals surface area contributed by atoms with Gasteiger partial charge in [-0.05, 0) is 103 Å². The van der Waals surface area contributed by atoms with E-state index in [1.54, 1.807) is 0 Å². The molecule has 1 atom stereocenters. The van der Waals surface area contributed by atoms with E-state index in [0.717, 1.165) is 116 Å². The van der Waals surface area contributed by atoms with E-state index in [0.29, 0.717) is 19.3 Å². The summed E-state index contributed by atoms with van der Waals surface area (Å²) >= 11 is 0. The van der Waals surface area contributed by atoms with Crippen LogP contribution in [0.25, 0.3) is 0 Å². The van der Waals surface area contributed by atoms with Crippen molar-refractivity contribution in [1.29, 1.82) is 0 Å². The summed E-state index contributed by atoms with van der Waals surface area (Å²) in [6, 6.07) is 0. The van der Waals surface area contributed by atoms with Crippen LogP contribution in [0.4, 0.5) is 0 Å². The third kappa shape index (κ3) is 50.8. The summed E-state index contributed by atoms with van der Waals surface area (Å²) in [5.41, 5.74) is 0. The number of carbonyl (C=O) groups excluding carboxylic acids is 3. The highest BCUT2D eigenvalue weighted by Crippen LogP contribution is 2.14. The van der Waals surface area contributed by atoms with Crippen molar-refractivity contribution in [1.82, 2.24) is 0 Å². The number of unbranched alkanes of at least 4 members (excludes halogenated alkanes) is 15. The van der Waals surface area contributed by atoms with Crippen molar-refractivity contribution in [2.45, 2.75) is 226 Å². The third-order valence-corrected chi connectivity index (χ3v) is 10.7. The Hall–Kier alpha value is -4.19. The fourth-order valence-electron chi connectivity index (χ4n) is 6.80. The molecule has 0 fully saturated rings. The van der Waals surface area contributed by atoms with E-state index < -0.39 is 6.10 Å². The molecule has 0 aromatic rings. The molecule has 0 aromatic heterocycles. The van der Waals surface area contributed by atoms with Gasteiger partial charge in [0.15, 0.2) is 6.10 Å². The molecular weight excluding hydrogens is 817 g/mol. The molecule has 6 nitrogen and oxygen atoms in total. The second-order valence-electron chi connectivity index (χ2n) is 17.0. The lowest BCUT2D eigenvalue weighted by Crippen LogP contribution is -2.30. The standard InChI is InChI=1S/C60H96O6/c1-4-7-10-13-16-19-22-25-27-29-30-32-33-35-38-41-44-47-50-53-59(62)65-56-57(55-64-58(61)52-49-46-43-40-37-24-21-18-15-12-9-6-3)66-60(63)54-51-48-45-42-39-36-34-31-28-26-23-20-17-14-11-8-5-2/h7-8,10-11,16-17,19-20,25-28,30,32,34-36,38,42,45,57H,4-6,9,12-15,18,21-24,29,31,33,37,39-41,43-44,46-56H2,1-3H3/b10-7-,11-8-,19-16-,20-17-,27-25-,28-26-,32-30-,36-34-,38-35-,45-42-/t57-/m0/s1. The van der Waals surface area contributed by atoms with Gasteiger partial charge < -0.3 is 14.2 Å². The Labute approximate surface area is 405 Å². The molecule has 0 aliphatic rings. The number of esters is 3. The van der Waals surface area contributed by atoms with Gasteiger partial charge in [-0.25, -0.2) is 0 Å². The molecule has 0 unspecified atom stereocenters. The number of rotatable bonds is 46. The van der Waals surface area contributed by atoms with Crippen LogP contribution in [0.3, 0.4) is 0 Å². The zero-order valence-corrected chi connectivity index (χ0v) is 42.4. The lowest BCUT2D eigenvalue weighted by atomic mass is 10.0. The van der Waals surface area contributed by atoms with Crippen molar-refractivity contribution >= 4 is 17.9 Å². The lowest BCUT2D eigenvalue weighted by Gasteiger charge is -2.18. The Morgan fingerprint density at radius 3 is 0.970 bits per heavy atom. The minimum atomic E-state index is -0.823. The minimum absolute atomic E-state index is 0.113. The Kier molecular flexibility index (Phi) is 50.0. The second kappa shape index (κ2) is 53.4. The molecule has 0 saturated carbocycles. The van der Waals surface area contributed by atoms with Crippen molar-refractivity contribution in [3.63, 3.8) is 0 Å². The van der Waals surface area contributed by atoms with E-state index in [-0.39, 0.29) is 37.5 Å². The van der Waals surface area contributed by atoms with Crippen LogP contribution in [0, 0.1) is 0 Å². The molecule has 0 N–H and O–H groups in total. The van der Waals surface area contributed by atoms with Gasteiger partial charge in [-0.1, -0.05) is 219 Å². The van der Waals surface area contributed by atoms with Crippen LogP contribution in [-0.4, -0.2) is 37.2 Å². The number of carbonyl (C=O) groups is 3. The van der Waals surface area contributed by atoms with Gasteiger partial charge in [-0.15, -0.1) is 0 Å². The fourth-order valence-corrected chi connectivity index (χ4v) is 6.80. The highest BCUT2D eigenvalue weighted by Gasteiger charge is 2.19. The van der Waals surface area contributed by atoms with Crippen LogP contribution in [0.15, 0.2) is 122 Å². The number of hydrogen-bond acceptors (Lipinski definition) is 6. The number of allylic oxidation sites excluding steroid dienone is 20. The summed E-state index contributed by atoms with van der Waals surface area (Å²) < 4.78 is 16.7. The smallest absolute Gasteiger partial charge is 0.306 e. The highest BCUT2D eigenvalue weighted by atomic mass is 16.6. The van der Waals surface area contributed by atoms with Crippen molar-refractivity contribution in [3.8, 4) is 0 Å². The summed E-state index contributed by atoms with van der Waals surface area (Å²) in [5.74, 6) is -1.01. The van der Waals surface area contributed by atoms with E-state index in [9.17, 15) is 14.4 Å². The molecule has 0 radical (unpaired) electrons. The Morgan fingerprint density at radius 2 is 0.606 bits per heavy atom. The van der Waals surface area contributed by atoms with Crippen LogP contribution < -0.4 is 0 Å². The Balaban J connectivity index is 4.54. The minimum Gasteiger partial charge on any atom is -0.462 e. The topological polar surface area (TPSA) is 78.9 Å². The molecule has 0 bridgehead atoms. The van der Waals surface area contributed by atoms with Crippen molar-refractivity contribution in [2.24, 2.45) is 0 Å². The fraction of sp³-hybridized carbons (Fsp3) is 0.617. The summed E-state index contributed by atoms with van der Waals surface area (Å²) in [6.45, 7) is 6.32. The van der Waals surface area contributed by atoms with Crippen LogP contribution in [0.5, 0.6) is 0 Å². The maximum absolute atomic E-state index is 12.8. The van der Waals surface area contributed by atoms with Gasteiger partial charge in [0.05, 0.1) is 0 Å². The number of ether oxygens (including phenoxy) is 3. The average molecular weight is 913 g/mol. The average Bonchev–Trinajstić information content (AvgIpc) is 3.31. The molecule has 0 aromatic carbocycles. The zero-order chi connectivity index (χ0) is 47.9. The molecule has 0 amide bonds. The SMILES string of the molecule is CC/C=C\C/C=C\C/C=C\C/C=C\C/C=C\CCCCCC(=O)OC[C@H](COC(=O)CCCCCCCCCCCCCC)OC(=O)CCC/C=C\C/C=C\C/C=C\C/C=C\C/C=C\CC. The normalized spacial score (nSPS) is 13.1. The lowest BCUT2D eigenvalue weighted by molar-refractivity contribution is -0.167. The predicted octanol–water partition coefficient (Wildman–Crippen LogP) is 17.7. The van der Waals surface area contributed by atoms with Crippen molar-refractivity contribution in [2.75, 3.05) is 13.2 Å². The van der Waals surface area contributed by atoms with E-state index >= 15 is 0 Å². The first-order chi connectivity index (χ1) is 32.5. The molecule has 0 aliphatic carbocycles. The highest BCUT2D eigenvalue weighted by molar-refractivity contribution is 5.71. The monoisotopic (exact) mass is 913 g/mol. The molecule has 0 aliphatic heterocycles. The molecule has 0 rings (SSSR count). The summed E-state index contributed by atoms with van der Waals surface area (Å²) in [7, 11) is 0. The van der Waals surface area contributed by atoms with Crippen LogP contribution in [-0.2, 0) is 28.6 Å². The maximum Gasteiger partial charge on any atom is 0.306 e. The quantitative estimate of drug-likeness (QED) is 0.0262. The van der Waals surface area contributed by atoms with Crippen LogP contribution >= 0.6 is 0 Å². The van der Waals surface area contributed by atoms with Crippen molar-refractivity contribution < 1.29 is 28.6 Å². The Morgan fingerprint density at radius 1 is 0.318 bits per heavy atom. The van der Waals surface area contributed by atoms with Crippen molar-refractivity contribution in [3.05, 3.63) is 122 Å². The molecular formula is C60H96O6.